The molecule has 0 unspecified atom stereocenters. The van der Waals surface area contributed by atoms with Crippen LogP contribution >= 0.6 is 0 Å². The molecule has 1 amide bonds. The molecule has 0 radical (unpaired) electrons. The molecule has 0 saturated carbocycles. The first-order valence-electron chi connectivity index (χ1n) is 5.96. The van der Waals surface area contributed by atoms with Crippen molar-refractivity contribution in [3.05, 3.63) is 35.5 Å². The quantitative estimate of drug-likeness (QED) is 0.649. The molecule has 1 aromatic carbocycles. The Morgan fingerprint density at radius 3 is 3.00 bits per heavy atom. The van der Waals surface area contributed by atoms with Gasteiger partial charge in [-0.15, -0.1) is 0 Å². The number of rotatable bonds is 3. The lowest BCUT2D eigenvalue weighted by atomic mass is 10.1. The van der Waals surface area contributed by atoms with Gasteiger partial charge in [0.2, 0.25) is 0 Å². The smallest absolute Gasteiger partial charge is 0.262 e. The second-order valence-electron chi connectivity index (χ2n) is 4.51. The highest BCUT2D eigenvalue weighted by atomic mass is 16.1. The van der Waals surface area contributed by atoms with E-state index in [9.17, 15) is 4.79 Å². The molecule has 0 aliphatic rings. The number of benzene rings is 1. The lowest BCUT2D eigenvalue weighted by molar-refractivity contribution is -0.117. The first kappa shape index (κ1) is 12.8. The van der Waals surface area contributed by atoms with Crippen molar-refractivity contribution in [2.24, 2.45) is 0 Å². The molecular formula is C14H14N4O. The zero-order chi connectivity index (χ0) is 13.8. The number of nitrogens with one attached hydrogen (secondary N) is 2. The number of hydrogen-bond donors (Lipinski definition) is 2. The first-order valence-corrected chi connectivity index (χ1v) is 5.96. The van der Waals surface area contributed by atoms with E-state index in [0.717, 1.165) is 16.5 Å². The highest BCUT2D eigenvalue weighted by molar-refractivity contribution is 6.02. The molecule has 0 aliphatic carbocycles. The van der Waals surface area contributed by atoms with Gasteiger partial charge in [-0.05, 0) is 37.6 Å². The Morgan fingerprint density at radius 2 is 2.32 bits per heavy atom. The number of aromatic nitrogens is 2. The summed E-state index contributed by atoms with van der Waals surface area (Å²) in [6.45, 7) is 3.70. The van der Waals surface area contributed by atoms with Gasteiger partial charge in [-0.25, -0.2) is 0 Å². The van der Waals surface area contributed by atoms with Crippen LogP contribution in [0.4, 0.5) is 0 Å². The van der Waals surface area contributed by atoms with Crippen LogP contribution < -0.4 is 5.32 Å². The summed E-state index contributed by atoms with van der Waals surface area (Å²) in [5.74, 6) is -0.357. The van der Waals surface area contributed by atoms with Crippen molar-refractivity contribution >= 4 is 22.9 Å². The monoisotopic (exact) mass is 254 g/mol. The molecule has 2 rings (SSSR count). The number of aromatic amines is 1. The van der Waals surface area contributed by atoms with Gasteiger partial charge in [0.15, 0.2) is 0 Å². The number of carbonyl (C=O) groups is 1. The van der Waals surface area contributed by atoms with Crippen LogP contribution in [0.1, 0.15) is 19.4 Å². The van der Waals surface area contributed by atoms with Crippen molar-refractivity contribution < 1.29 is 4.79 Å². The number of amides is 1. The Hall–Kier alpha value is -2.61. The maximum atomic E-state index is 11.8. The first-order chi connectivity index (χ1) is 9.10. The minimum atomic E-state index is -0.357. The topological polar surface area (TPSA) is 81.6 Å². The maximum absolute atomic E-state index is 11.8. The van der Waals surface area contributed by atoms with E-state index in [0.29, 0.717) is 0 Å². The second kappa shape index (κ2) is 5.36. The molecule has 0 aliphatic heterocycles. The predicted octanol–water partition coefficient (Wildman–Crippen LogP) is 1.99. The molecule has 0 atom stereocenters. The van der Waals surface area contributed by atoms with E-state index in [4.69, 9.17) is 5.26 Å². The van der Waals surface area contributed by atoms with E-state index >= 15 is 0 Å². The van der Waals surface area contributed by atoms with Gasteiger partial charge in [-0.1, -0.05) is 6.07 Å². The van der Waals surface area contributed by atoms with Gasteiger partial charge < -0.3 is 5.32 Å². The summed E-state index contributed by atoms with van der Waals surface area (Å²) in [5.41, 5.74) is 1.81. The van der Waals surface area contributed by atoms with Crippen molar-refractivity contribution in [2.45, 2.75) is 19.9 Å². The molecule has 0 bridgehead atoms. The van der Waals surface area contributed by atoms with E-state index in [1.807, 2.05) is 38.1 Å². The molecule has 96 valence electrons. The molecule has 1 heterocycles. The Labute approximate surface area is 110 Å². The molecule has 1 aromatic heterocycles. The average molecular weight is 254 g/mol. The van der Waals surface area contributed by atoms with Crippen molar-refractivity contribution in [3.63, 3.8) is 0 Å². The summed E-state index contributed by atoms with van der Waals surface area (Å²) >= 11 is 0. The Morgan fingerprint density at radius 1 is 1.53 bits per heavy atom. The number of H-pyrrole nitrogens is 1. The van der Waals surface area contributed by atoms with Gasteiger partial charge >= 0.3 is 0 Å². The molecule has 5 heteroatoms. The largest absolute Gasteiger partial charge is 0.349 e. The van der Waals surface area contributed by atoms with Crippen LogP contribution in [0, 0.1) is 11.3 Å². The average Bonchev–Trinajstić information content (AvgIpc) is 2.82. The summed E-state index contributed by atoms with van der Waals surface area (Å²) in [4.78, 5) is 11.8. The van der Waals surface area contributed by atoms with Gasteiger partial charge in [0.25, 0.3) is 5.91 Å². The van der Waals surface area contributed by atoms with E-state index in [1.54, 1.807) is 12.3 Å². The van der Waals surface area contributed by atoms with Gasteiger partial charge in [-0.2, -0.15) is 10.4 Å². The molecule has 5 nitrogen and oxygen atoms in total. The summed E-state index contributed by atoms with van der Waals surface area (Å²) in [6.07, 6.45) is 3.27. The van der Waals surface area contributed by atoms with Gasteiger partial charge in [0, 0.05) is 11.4 Å². The zero-order valence-corrected chi connectivity index (χ0v) is 10.8. The third-order valence-corrected chi connectivity index (χ3v) is 2.56. The van der Waals surface area contributed by atoms with Gasteiger partial charge in [0.05, 0.1) is 11.7 Å². The second-order valence-corrected chi connectivity index (χ2v) is 4.51. The molecule has 0 spiro atoms. The fourth-order valence-electron chi connectivity index (χ4n) is 1.71. The Balaban J connectivity index is 2.31. The van der Waals surface area contributed by atoms with Crippen LogP contribution in [0.3, 0.4) is 0 Å². The number of hydrogen-bond acceptors (Lipinski definition) is 3. The van der Waals surface area contributed by atoms with E-state index in [-0.39, 0.29) is 17.5 Å². The fourth-order valence-corrected chi connectivity index (χ4v) is 1.71. The number of nitrogens with zero attached hydrogens (tertiary/aromatic N) is 2. The van der Waals surface area contributed by atoms with Crippen LogP contribution in [0.2, 0.25) is 0 Å². The fraction of sp³-hybridized carbons (Fsp3) is 0.214. The van der Waals surface area contributed by atoms with Crippen molar-refractivity contribution in [3.8, 4) is 6.07 Å². The summed E-state index contributed by atoms with van der Waals surface area (Å²) in [6, 6.07) is 7.50. The van der Waals surface area contributed by atoms with Crippen LogP contribution in [0.15, 0.2) is 30.0 Å². The molecule has 2 N–H and O–H groups in total. The van der Waals surface area contributed by atoms with Crippen LogP contribution in [0.5, 0.6) is 0 Å². The summed E-state index contributed by atoms with van der Waals surface area (Å²) < 4.78 is 0. The number of carbonyl (C=O) groups excluding carboxylic acids is 1. The highest BCUT2D eigenvalue weighted by Gasteiger charge is 2.10. The minimum absolute atomic E-state index is 0.000559. The standard InChI is InChI=1S/C14H14N4O/c1-9(2)17-14(19)11(7-15)5-10-3-4-13-12(6-10)8-16-18-13/h3-6,8-9H,1-2H3,(H,16,18)(H,17,19)/b11-5-. The summed E-state index contributed by atoms with van der Waals surface area (Å²) in [7, 11) is 0. The molecular weight excluding hydrogens is 240 g/mol. The van der Waals surface area contributed by atoms with E-state index in [1.165, 1.54) is 0 Å². The zero-order valence-electron chi connectivity index (χ0n) is 10.8. The molecule has 19 heavy (non-hydrogen) atoms. The van der Waals surface area contributed by atoms with Crippen LogP contribution in [0.25, 0.3) is 17.0 Å². The van der Waals surface area contributed by atoms with Gasteiger partial charge in [0.1, 0.15) is 11.6 Å². The maximum Gasteiger partial charge on any atom is 0.262 e. The van der Waals surface area contributed by atoms with Crippen molar-refractivity contribution in [2.75, 3.05) is 0 Å². The molecule has 0 fully saturated rings. The third kappa shape index (κ3) is 2.99. The van der Waals surface area contributed by atoms with Crippen LogP contribution in [-0.4, -0.2) is 22.1 Å². The molecule has 2 aromatic rings. The lowest BCUT2D eigenvalue weighted by Gasteiger charge is -2.06. The summed E-state index contributed by atoms with van der Waals surface area (Å²) in [5, 5.41) is 19.5. The highest BCUT2D eigenvalue weighted by Crippen LogP contribution is 2.15. The van der Waals surface area contributed by atoms with Crippen molar-refractivity contribution in [1.29, 1.82) is 5.26 Å². The van der Waals surface area contributed by atoms with E-state index < -0.39 is 0 Å². The SMILES string of the molecule is CC(C)NC(=O)/C(C#N)=C\c1ccc2[nH]ncc2c1. The number of nitriles is 1. The normalized spacial score (nSPS) is 11.6. The van der Waals surface area contributed by atoms with E-state index in [2.05, 4.69) is 15.5 Å². The predicted molar refractivity (Wildman–Crippen MR) is 73.0 cm³/mol. The van der Waals surface area contributed by atoms with Gasteiger partial charge in [-0.3, -0.25) is 9.89 Å². The lowest BCUT2D eigenvalue weighted by Crippen LogP contribution is -2.30. The third-order valence-electron chi connectivity index (χ3n) is 2.56. The number of fused-ring (bicyclic) bond motifs is 1. The van der Waals surface area contributed by atoms with Crippen molar-refractivity contribution in [1.82, 2.24) is 15.5 Å². The Bertz CT molecular complexity index is 676. The minimum Gasteiger partial charge on any atom is -0.349 e. The van der Waals surface area contributed by atoms with Crippen LogP contribution in [-0.2, 0) is 4.79 Å². The Kier molecular flexibility index (Phi) is 3.62. The molecule has 0 saturated heterocycles.